The van der Waals surface area contributed by atoms with Gasteiger partial charge in [-0.15, -0.1) is 0 Å². The van der Waals surface area contributed by atoms with Crippen molar-refractivity contribution in [2.45, 2.75) is 6.92 Å². The van der Waals surface area contributed by atoms with E-state index in [9.17, 15) is 14.0 Å². The number of methoxy groups -OCH3 is 1. The summed E-state index contributed by atoms with van der Waals surface area (Å²) in [4.78, 5) is 27.9. The molecule has 0 unspecified atom stereocenters. The Hall–Kier alpha value is -3.93. The highest BCUT2D eigenvalue weighted by atomic mass is 19.1. The number of rotatable bonds is 5. The van der Waals surface area contributed by atoms with Gasteiger partial charge in [0.25, 0.3) is 11.8 Å². The number of imide groups is 1. The van der Waals surface area contributed by atoms with Crippen molar-refractivity contribution in [3.05, 3.63) is 95.4 Å². The first-order chi connectivity index (χ1) is 14.5. The van der Waals surface area contributed by atoms with Crippen molar-refractivity contribution < 1.29 is 18.7 Å². The number of halogens is 1. The number of nitrogens with zero attached hydrogens (tertiary/aromatic N) is 1. The molecule has 5 nitrogen and oxygen atoms in total. The lowest BCUT2D eigenvalue weighted by atomic mass is 10.0. The summed E-state index contributed by atoms with van der Waals surface area (Å²) in [6.45, 7) is 1.87. The summed E-state index contributed by atoms with van der Waals surface area (Å²) in [6, 6.07) is 19.9. The SMILES string of the molecule is COc1ccc(C)cc1N1C(=O)C(Nc2ccccc2)=C(c2ccc(F)cc2)C1=O. The summed E-state index contributed by atoms with van der Waals surface area (Å²) in [5, 5.41) is 3.07. The Kier molecular flexibility index (Phi) is 5.06. The van der Waals surface area contributed by atoms with E-state index in [0.717, 1.165) is 10.5 Å². The number of nitrogens with one attached hydrogen (secondary N) is 1. The first-order valence-electron chi connectivity index (χ1n) is 9.35. The first-order valence-corrected chi connectivity index (χ1v) is 9.35. The molecule has 0 spiro atoms. The lowest BCUT2D eigenvalue weighted by Gasteiger charge is -2.19. The highest BCUT2D eigenvalue weighted by molar-refractivity contribution is 6.46. The van der Waals surface area contributed by atoms with Crippen molar-refractivity contribution in [1.29, 1.82) is 0 Å². The summed E-state index contributed by atoms with van der Waals surface area (Å²) in [6.07, 6.45) is 0. The van der Waals surface area contributed by atoms with Crippen LogP contribution in [0.15, 0.2) is 78.5 Å². The third kappa shape index (κ3) is 3.43. The Morgan fingerprint density at radius 2 is 1.60 bits per heavy atom. The molecule has 0 atom stereocenters. The van der Waals surface area contributed by atoms with Crippen LogP contribution in [0.3, 0.4) is 0 Å². The third-order valence-corrected chi connectivity index (χ3v) is 4.84. The Balaban J connectivity index is 1.86. The van der Waals surface area contributed by atoms with E-state index in [0.29, 0.717) is 22.7 Å². The van der Waals surface area contributed by atoms with Crippen LogP contribution in [-0.4, -0.2) is 18.9 Å². The van der Waals surface area contributed by atoms with Gasteiger partial charge < -0.3 is 10.1 Å². The molecule has 0 saturated heterocycles. The number of benzene rings is 3. The molecule has 0 radical (unpaired) electrons. The van der Waals surface area contributed by atoms with Gasteiger partial charge in [0.05, 0.1) is 18.4 Å². The molecule has 30 heavy (non-hydrogen) atoms. The third-order valence-electron chi connectivity index (χ3n) is 4.84. The van der Waals surface area contributed by atoms with Crippen molar-refractivity contribution in [3.8, 4) is 5.75 Å². The molecule has 1 aliphatic rings. The zero-order chi connectivity index (χ0) is 21.3. The van der Waals surface area contributed by atoms with Crippen LogP contribution in [0.4, 0.5) is 15.8 Å². The molecule has 3 aromatic rings. The summed E-state index contributed by atoms with van der Waals surface area (Å²) >= 11 is 0. The zero-order valence-corrected chi connectivity index (χ0v) is 16.5. The largest absolute Gasteiger partial charge is 0.495 e. The van der Waals surface area contributed by atoms with Crippen LogP contribution in [0, 0.1) is 12.7 Å². The normalized spacial score (nSPS) is 13.8. The highest BCUT2D eigenvalue weighted by Crippen LogP contribution is 2.38. The number of hydrogen-bond donors (Lipinski definition) is 1. The number of carbonyl (C=O) groups is 2. The predicted molar refractivity (Wildman–Crippen MR) is 114 cm³/mol. The van der Waals surface area contributed by atoms with E-state index in [1.54, 1.807) is 24.3 Å². The Labute approximate surface area is 173 Å². The molecule has 1 heterocycles. The highest BCUT2D eigenvalue weighted by Gasteiger charge is 2.41. The Morgan fingerprint density at radius 1 is 0.900 bits per heavy atom. The monoisotopic (exact) mass is 402 g/mol. The second-order valence-corrected chi connectivity index (χ2v) is 6.87. The molecule has 2 amide bonds. The van der Waals surface area contributed by atoms with Crippen LogP contribution in [0.25, 0.3) is 5.57 Å². The molecular formula is C24H19FN2O3. The van der Waals surface area contributed by atoms with Gasteiger partial charge in [-0.1, -0.05) is 36.4 Å². The molecule has 150 valence electrons. The van der Waals surface area contributed by atoms with E-state index in [4.69, 9.17) is 4.74 Å². The first kappa shape index (κ1) is 19.4. The van der Waals surface area contributed by atoms with E-state index < -0.39 is 17.6 Å². The number of ether oxygens (including phenoxy) is 1. The van der Waals surface area contributed by atoms with E-state index in [-0.39, 0.29) is 11.3 Å². The number of hydrogen-bond acceptors (Lipinski definition) is 4. The molecule has 3 aromatic carbocycles. The van der Waals surface area contributed by atoms with Crippen molar-refractivity contribution in [2.75, 3.05) is 17.3 Å². The fourth-order valence-electron chi connectivity index (χ4n) is 3.39. The molecule has 0 saturated carbocycles. The summed E-state index contributed by atoms with van der Waals surface area (Å²) in [5.74, 6) is -1.03. The van der Waals surface area contributed by atoms with Gasteiger partial charge in [0.2, 0.25) is 0 Å². The second kappa shape index (κ2) is 7.83. The van der Waals surface area contributed by atoms with Gasteiger partial charge in [0.15, 0.2) is 0 Å². The van der Waals surface area contributed by atoms with Crippen LogP contribution < -0.4 is 15.0 Å². The van der Waals surface area contributed by atoms with E-state index in [1.807, 2.05) is 31.2 Å². The lowest BCUT2D eigenvalue weighted by Crippen LogP contribution is -2.32. The zero-order valence-electron chi connectivity index (χ0n) is 16.5. The fourth-order valence-corrected chi connectivity index (χ4v) is 3.39. The van der Waals surface area contributed by atoms with Crippen LogP contribution >= 0.6 is 0 Å². The Bertz CT molecular complexity index is 1150. The molecule has 4 rings (SSSR count). The van der Waals surface area contributed by atoms with Crippen molar-refractivity contribution in [2.24, 2.45) is 0 Å². The van der Waals surface area contributed by atoms with Crippen molar-refractivity contribution >= 4 is 28.8 Å². The van der Waals surface area contributed by atoms with Gasteiger partial charge in [-0.3, -0.25) is 9.59 Å². The average molecular weight is 402 g/mol. The van der Waals surface area contributed by atoms with Gasteiger partial charge in [0, 0.05) is 5.69 Å². The van der Waals surface area contributed by atoms with Crippen molar-refractivity contribution in [1.82, 2.24) is 0 Å². The topological polar surface area (TPSA) is 58.6 Å². The van der Waals surface area contributed by atoms with Crippen molar-refractivity contribution in [3.63, 3.8) is 0 Å². The Morgan fingerprint density at radius 3 is 2.27 bits per heavy atom. The second-order valence-electron chi connectivity index (χ2n) is 6.87. The van der Waals surface area contributed by atoms with Crippen LogP contribution in [0.1, 0.15) is 11.1 Å². The molecule has 1 N–H and O–H groups in total. The van der Waals surface area contributed by atoms with Crippen LogP contribution in [-0.2, 0) is 9.59 Å². The maximum atomic E-state index is 13.5. The molecular weight excluding hydrogens is 383 g/mol. The van der Waals surface area contributed by atoms with Gasteiger partial charge in [-0.2, -0.15) is 0 Å². The number of anilines is 2. The van der Waals surface area contributed by atoms with Gasteiger partial charge in [0.1, 0.15) is 17.3 Å². The number of aryl methyl sites for hydroxylation is 1. The van der Waals surface area contributed by atoms with Gasteiger partial charge in [-0.05, 0) is 54.4 Å². The van der Waals surface area contributed by atoms with E-state index >= 15 is 0 Å². The fraction of sp³-hybridized carbons (Fsp3) is 0.0833. The molecule has 0 fully saturated rings. The van der Waals surface area contributed by atoms with Gasteiger partial charge in [-0.25, -0.2) is 9.29 Å². The maximum absolute atomic E-state index is 13.5. The minimum atomic E-state index is -0.507. The summed E-state index contributed by atoms with van der Waals surface area (Å²) < 4.78 is 18.9. The van der Waals surface area contributed by atoms with E-state index in [2.05, 4.69) is 5.32 Å². The number of para-hydroxylation sites is 1. The van der Waals surface area contributed by atoms with E-state index in [1.165, 1.54) is 31.4 Å². The standard InChI is InChI=1S/C24H19FN2O3/c1-15-8-13-20(30-2)19(14-15)27-23(28)21(16-9-11-17(25)12-10-16)22(24(27)29)26-18-6-4-3-5-7-18/h3-14,26H,1-2H3. The predicted octanol–water partition coefficient (Wildman–Crippen LogP) is 4.54. The van der Waals surface area contributed by atoms with Crippen LogP contribution in [0.2, 0.25) is 0 Å². The lowest BCUT2D eigenvalue weighted by molar-refractivity contribution is -0.120. The van der Waals surface area contributed by atoms with Crippen LogP contribution in [0.5, 0.6) is 5.75 Å². The molecule has 0 bridgehead atoms. The molecule has 0 aromatic heterocycles. The quantitative estimate of drug-likeness (QED) is 0.637. The number of carbonyl (C=O) groups excluding carboxylic acids is 2. The molecule has 0 aliphatic carbocycles. The average Bonchev–Trinajstić information content (AvgIpc) is 2.99. The summed E-state index contributed by atoms with van der Waals surface area (Å²) in [5.41, 5.74) is 2.64. The minimum Gasteiger partial charge on any atom is -0.495 e. The maximum Gasteiger partial charge on any atom is 0.282 e. The number of amides is 2. The molecule has 1 aliphatic heterocycles. The minimum absolute atomic E-state index is 0.126. The molecule has 6 heteroatoms. The summed E-state index contributed by atoms with van der Waals surface area (Å²) in [7, 11) is 1.48. The van der Waals surface area contributed by atoms with Gasteiger partial charge >= 0.3 is 0 Å². The smallest absolute Gasteiger partial charge is 0.282 e.